The van der Waals surface area contributed by atoms with Gasteiger partial charge < -0.3 is 15.3 Å². The monoisotopic (exact) mass is 248 g/mol. The molecule has 18 heavy (non-hydrogen) atoms. The van der Waals surface area contributed by atoms with Crippen molar-refractivity contribution >= 4 is 0 Å². The molecule has 1 fully saturated rings. The molecule has 0 amide bonds. The predicted molar refractivity (Wildman–Crippen MR) is 74.4 cm³/mol. The average Bonchev–Trinajstić information content (AvgIpc) is 2.45. The molecule has 2 N–H and O–H groups in total. The Morgan fingerprint density at radius 1 is 1.11 bits per heavy atom. The van der Waals surface area contributed by atoms with E-state index in [2.05, 4.69) is 34.5 Å². The van der Waals surface area contributed by atoms with Crippen molar-refractivity contribution in [2.75, 3.05) is 26.2 Å². The molecule has 0 spiro atoms. The van der Waals surface area contributed by atoms with E-state index in [4.69, 9.17) is 0 Å². The van der Waals surface area contributed by atoms with Gasteiger partial charge in [-0.2, -0.15) is 0 Å². The van der Waals surface area contributed by atoms with Crippen LogP contribution in [0.1, 0.15) is 24.8 Å². The standard InChI is InChI=1S/C15H24N2O/c18-13-15(12-17-9-5-2-6-10-17)16-11-14-7-3-1-4-8-14/h1,3-4,7-8,15-16,18H,2,5-6,9-13H2. The Hall–Kier alpha value is -0.900. The lowest BCUT2D eigenvalue weighted by molar-refractivity contribution is 0.162. The molecule has 2 rings (SSSR count). The molecule has 1 aromatic carbocycles. The number of benzene rings is 1. The normalized spacial score (nSPS) is 18.7. The second kappa shape index (κ2) is 7.52. The van der Waals surface area contributed by atoms with E-state index in [-0.39, 0.29) is 12.6 Å². The Morgan fingerprint density at radius 3 is 2.50 bits per heavy atom. The third-order valence-electron chi connectivity index (χ3n) is 3.59. The number of nitrogens with zero attached hydrogens (tertiary/aromatic N) is 1. The first-order valence-corrected chi connectivity index (χ1v) is 6.99. The summed E-state index contributed by atoms with van der Waals surface area (Å²) in [6.45, 7) is 4.37. The van der Waals surface area contributed by atoms with Crippen LogP contribution in [0.5, 0.6) is 0 Å². The number of piperidine rings is 1. The molecule has 0 aliphatic carbocycles. The van der Waals surface area contributed by atoms with Gasteiger partial charge in [-0.3, -0.25) is 0 Å². The Bertz CT molecular complexity index is 323. The van der Waals surface area contributed by atoms with Crippen molar-refractivity contribution in [3.63, 3.8) is 0 Å². The quantitative estimate of drug-likeness (QED) is 0.803. The lowest BCUT2D eigenvalue weighted by Crippen LogP contribution is -2.44. The van der Waals surface area contributed by atoms with E-state index in [0.717, 1.165) is 13.1 Å². The maximum Gasteiger partial charge on any atom is 0.0597 e. The topological polar surface area (TPSA) is 35.5 Å². The van der Waals surface area contributed by atoms with Gasteiger partial charge in [0.15, 0.2) is 0 Å². The fourth-order valence-electron chi connectivity index (χ4n) is 2.50. The van der Waals surface area contributed by atoms with Gasteiger partial charge in [0.25, 0.3) is 0 Å². The summed E-state index contributed by atoms with van der Waals surface area (Å²) in [4.78, 5) is 2.46. The molecule has 100 valence electrons. The van der Waals surface area contributed by atoms with Gasteiger partial charge in [-0.1, -0.05) is 36.8 Å². The summed E-state index contributed by atoms with van der Waals surface area (Å²) in [5.74, 6) is 0. The molecular formula is C15H24N2O. The number of hydrogen-bond donors (Lipinski definition) is 2. The number of hydrogen-bond acceptors (Lipinski definition) is 3. The van der Waals surface area contributed by atoms with Crippen LogP contribution in [0.15, 0.2) is 30.3 Å². The molecule has 1 heterocycles. The van der Waals surface area contributed by atoms with Crippen LogP contribution in [-0.4, -0.2) is 42.3 Å². The Labute approximate surface area is 110 Å². The fourth-order valence-corrected chi connectivity index (χ4v) is 2.50. The molecule has 0 saturated carbocycles. The molecule has 3 heteroatoms. The predicted octanol–water partition coefficient (Wildman–Crippen LogP) is 1.62. The molecule has 1 saturated heterocycles. The summed E-state index contributed by atoms with van der Waals surface area (Å²) in [7, 11) is 0. The molecule has 1 aliphatic heterocycles. The minimum atomic E-state index is 0.184. The van der Waals surface area contributed by atoms with Crippen LogP contribution in [0.3, 0.4) is 0 Å². The number of aliphatic hydroxyl groups excluding tert-OH is 1. The van der Waals surface area contributed by atoms with E-state index >= 15 is 0 Å². The highest BCUT2D eigenvalue weighted by molar-refractivity contribution is 5.14. The minimum Gasteiger partial charge on any atom is -0.395 e. The maximum atomic E-state index is 9.45. The van der Waals surface area contributed by atoms with Crippen LogP contribution >= 0.6 is 0 Å². The first kappa shape index (κ1) is 13.5. The third kappa shape index (κ3) is 4.41. The molecule has 0 bridgehead atoms. The van der Waals surface area contributed by atoms with E-state index in [9.17, 15) is 5.11 Å². The minimum absolute atomic E-state index is 0.184. The van der Waals surface area contributed by atoms with E-state index < -0.39 is 0 Å². The third-order valence-corrected chi connectivity index (χ3v) is 3.59. The Morgan fingerprint density at radius 2 is 1.83 bits per heavy atom. The van der Waals surface area contributed by atoms with Gasteiger partial charge in [0.05, 0.1) is 6.61 Å². The first-order chi connectivity index (χ1) is 8.88. The van der Waals surface area contributed by atoms with Crippen LogP contribution in [0, 0.1) is 0 Å². The van der Waals surface area contributed by atoms with Crippen LogP contribution in [0.2, 0.25) is 0 Å². The van der Waals surface area contributed by atoms with Crippen molar-refractivity contribution in [1.82, 2.24) is 10.2 Å². The van der Waals surface area contributed by atoms with Gasteiger partial charge in [0.1, 0.15) is 0 Å². The Kier molecular flexibility index (Phi) is 5.65. The molecule has 0 aromatic heterocycles. The molecule has 1 atom stereocenters. The summed E-state index contributed by atoms with van der Waals surface area (Å²) in [5, 5.41) is 12.9. The zero-order valence-corrected chi connectivity index (χ0v) is 11.0. The highest BCUT2D eigenvalue weighted by Gasteiger charge is 2.15. The SMILES string of the molecule is OCC(CN1CCCCC1)NCc1ccccc1. The van der Waals surface area contributed by atoms with Gasteiger partial charge in [-0.25, -0.2) is 0 Å². The summed E-state index contributed by atoms with van der Waals surface area (Å²) < 4.78 is 0. The van der Waals surface area contributed by atoms with Gasteiger partial charge in [-0.05, 0) is 31.5 Å². The molecule has 3 nitrogen and oxygen atoms in total. The lowest BCUT2D eigenvalue weighted by atomic mass is 10.1. The van der Waals surface area contributed by atoms with Crippen molar-refractivity contribution in [1.29, 1.82) is 0 Å². The van der Waals surface area contributed by atoms with Gasteiger partial charge in [0.2, 0.25) is 0 Å². The summed E-state index contributed by atoms with van der Waals surface area (Å²) >= 11 is 0. The van der Waals surface area contributed by atoms with E-state index in [0.29, 0.717) is 0 Å². The van der Waals surface area contributed by atoms with Crippen LogP contribution in [0.4, 0.5) is 0 Å². The van der Waals surface area contributed by atoms with Crippen molar-refractivity contribution in [3.05, 3.63) is 35.9 Å². The van der Waals surface area contributed by atoms with Crippen LogP contribution in [0.25, 0.3) is 0 Å². The van der Waals surface area contributed by atoms with Crippen molar-refractivity contribution < 1.29 is 5.11 Å². The number of aliphatic hydroxyl groups is 1. The highest BCUT2D eigenvalue weighted by Crippen LogP contribution is 2.09. The van der Waals surface area contributed by atoms with Gasteiger partial charge in [-0.15, -0.1) is 0 Å². The first-order valence-electron chi connectivity index (χ1n) is 6.99. The average molecular weight is 248 g/mol. The van der Waals surface area contributed by atoms with E-state index in [1.165, 1.54) is 37.9 Å². The zero-order valence-electron chi connectivity index (χ0n) is 11.0. The molecule has 0 radical (unpaired) electrons. The highest BCUT2D eigenvalue weighted by atomic mass is 16.3. The second-order valence-electron chi connectivity index (χ2n) is 5.11. The summed E-state index contributed by atoms with van der Waals surface area (Å²) in [5.41, 5.74) is 1.27. The van der Waals surface area contributed by atoms with Gasteiger partial charge in [0, 0.05) is 19.1 Å². The van der Waals surface area contributed by atoms with Crippen molar-refractivity contribution in [3.8, 4) is 0 Å². The van der Waals surface area contributed by atoms with Crippen molar-refractivity contribution in [2.45, 2.75) is 31.8 Å². The molecule has 1 aliphatic rings. The largest absolute Gasteiger partial charge is 0.395 e. The van der Waals surface area contributed by atoms with E-state index in [1.807, 2.05) is 6.07 Å². The summed E-state index contributed by atoms with van der Waals surface area (Å²) in [6.07, 6.45) is 3.96. The molecular weight excluding hydrogens is 224 g/mol. The zero-order chi connectivity index (χ0) is 12.6. The second-order valence-corrected chi connectivity index (χ2v) is 5.11. The lowest BCUT2D eigenvalue weighted by Gasteiger charge is -2.30. The molecule has 1 aromatic rings. The fraction of sp³-hybridized carbons (Fsp3) is 0.600. The van der Waals surface area contributed by atoms with Crippen LogP contribution in [-0.2, 0) is 6.54 Å². The van der Waals surface area contributed by atoms with Gasteiger partial charge >= 0.3 is 0 Å². The van der Waals surface area contributed by atoms with E-state index in [1.54, 1.807) is 0 Å². The Balaban J connectivity index is 1.74. The smallest absolute Gasteiger partial charge is 0.0597 e. The van der Waals surface area contributed by atoms with Crippen molar-refractivity contribution in [2.24, 2.45) is 0 Å². The number of nitrogens with one attached hydrogen (secondary N) is 1. The van der Waals surface area contributed by atoms with Crippen LogP contribution < -0.4 is 5.32 Å². The molecule has 1 unspecified atom stereocenters. The number of rotatable bonds is 6. The number of likely N-dealkylation sites (tertiary alicyclic amines) is 1. The summed E-state index contributed by atoms with van der Waals surface area (Å²) in [6, 6.07) is 10.5. The maximum absolute atomic E-state index is 9.45.